The monoisotopic (exact) mass is 154 g/mol. The van der Waals surface area contributed by atoms with Crippen molar-refractivity contribution in [1.29, 1.82) is 0 Å². The average molecular weight is 155 g/mol. The highest BCUT2D eigenvalue weighted by molar-refractivity contribution is 6.18. The molecule has 0 aliphatic heterocycles. The van der Waals surface area contributed by atoms with Crippen LogP contribution in [0.5, 0.6) is 0 Å². The van der Waals surface area contributed by atoms with E-state index in [-0.39, 0.29) is 0 Å². The van der Waals surface area contributed by atoms with Crippen molar-refractivity contribution in [1.82, 2.24) is 0 Å². The fraction of sp³-hybridized carbons (Fsp3) is 0.333. The van der Waals surface area contributed by atoms with Crippen LogP contribution in [0.25, 0.3) is 0 Å². The molecular weight excluding hydrogens is 144 g/mol. The van der Waals surface area contributed by atoms with Crippen molar-refractivity contribution in [2.45, 2.75) is 6.42 Å². The van der Waals surface area contributed by atoms with Crippen molar-refractivity contribution < 1.29 is 0 Å². The average Bonchev–Trinajstić information content (AvgIpc) is 2.05. The zero-order chi connectivity index (χ0) is 7.40. The van der Waals surface area contributed by atoms with Gasteiger partial charge in [-0.05, 0) is 17.9 Å². The highest BCUT2D eigenvalue weighted by Crippen LogP contribution is 2.17. The van der Waals surface area contributed by atoms with E-state index in [1.54, 1.807) is 0 Å². The maximum absolute atomic E-state index is 5.66. The highest BCUT2D eigenvalue weighted by Gasteiger charge is 2.04. The predicted octanol–water partition coefficient (Wildman–Crippen LogP) is 2.91. The summed E-state index contributed by atoms with van der Waals surface area (Å²) in [5.41, 5.74) is 1.21. The molecule has 1 rings (SSSR count). The molecule has 1 aliphatic carbocycles. The van der Waals surface area contributed by atoms with Crippen LogP contribution in [0, 0.1) is 5.92 Å². The van der Waals surface area contributed by atoms with Crippen molar-refractivity contribution >= 4 is 11.6 Å². The van der Waals surface area contributed by atoms with E-state index in [9.17, 15) is 0 Å². The molecule has 0 bridgehead atoms. The van der Waals surface area contributed by atoms with E-state index in [4.69, 9.17) is 11.6 Å². The normalized spacial score (nSPS) is 24.1. The summed E-state index contributed by atoms with van der Waals surface area (Å²) in [6, 6.07) is 0. The van der Waals surface area contributed by atoms with Gasteiger partial charge in [-0.3, -0.25) is 0 Å². The standard InChI is InChI=1S/C9H11Cl/c1-2-8-3-5-9(7-10)6-4-8/h2-5,9H,1,6-7H2/t9-/m1/s1. The quantitative estimate of drug-likeness (QED) is 0.537. The Labute approximate surface area is 66.9 Å². The molecule has 1 atom stereocenters. The third kappa shape index (κ3) is 1.74. The molecule has 0 spiro atoms. The minimum absolute atomic E-state index is 0.533. The lowest BCUT2D eigenvalue weighted by Crippen LogP contribution is -1.99. The fourth-order valence-electron chi connectivity index (χ4n) is 0.947. The van der Waals surface area contributed by atoms with Crippen molar-refractivity contribution in [2.24, 2.45) is 5.92 Å². The van der Waals surface area contributed by atoms with E-state index >= 15 is 0 Å². The Bertz CT molecular complexity index is 177. The summed E-state index contributed by atoms with van der Waals surface area (Å²) in [7, 11) is 0. The number of hydrogen-bond acceptors (Lipinski definition) is 0. The van der Waals surface area contributed by atoms with Gasteiger partial charge in [0.2, 0.25) is 0 Å². The summed E-state index contributed by atoms with van der Waals surface area (Å²) in [4.78, 5) is 0. The smallest absolute Gasteiger partial charge is 0.0289 e. The molecule has 0 saturated heterocycles. The van der Waals surface area contributed by atoms with E-state index in [1.165, 1.54) is 5.57 Å². The van der Waals surface area contributed by atoms with E-state index < -0.39 is 0 Å². The van der Waals surface area contributed by atoms with Crippen molar-refractivity contribution in [3.05, 3.63) is 36.5 Å². The first-order valence-electron chi connectivity index (χ1n) is 3.43. The summed E-state index contributed by atoms with van der Waals surface area (Å²) in [6.07, 6.45) is 9.30. The van der Waals surface area contributed by atoms with Crippen LogP contribution in [-0.4, -0.2) is 5.88 Å². The van der Waals surface area contributed by atoms with Gasteiger partial charge < -0.3 is 0 Å². The lowest BCUT2D eigenvalue weighted by atomic mass is 9.99. The van der Waals surface area contributed by atoms with Gasteiger partial charge in [-0.15, -0.1) is 11.6 Å². The molecule has 54 valence electrons. The van der Waals surface area contributed by atoms with Gasteiger partial charge in [0.25, 0.3) is 0 Å². The van der Waals surface area contributed by atoms with Gasteiger partial charge in [0.05, 0.1) is 0 Å². The zero-order valence-corrected chi connectivity index (χ0v) is 6.64. The topological polar surface area (TPSA) is 0 Å². The first-order chi connectivity index (χ1) is 4.86. The lowest BCUT2D eigenvalue weighted by molar-refractivity contribution is 0.741. The van der Waals surface area contributed by atoms with Gasteiger partial charge in [-0.1, -0.05) is 30.9 Å². The Morgan fingerprint density at radius 2 is 2.60 bits per heavy atom. The van der Waals surface area contributed by atoms with Crippen LogP contribution in [0.15, 0.2) is 36.5 Å². The maximum atomic E-state index is 5.66. The number of halogens is 1. The predicted molar refractivity (Wildman–Crippen MR) is 46.2 cm³/mol. The van der Waals surface area contributed by atoms with Gasteiger partial charge >= 0.3 is 0 Å². The summed E-state index contributed by atoms with van der Waals surface area (Å²) in [6.45, 7) is 3.68. The van der Waals surface area contributed by atoms with Gasteiger partial charge in [0.15, 0.2) is 0 Å². The van der Waals surface area contributed by atoms with Crippen molar-refractivity contribution in [3.63, 3.8) is 0 Å². The molecule has 1 heteroatoms. The van der Waals surface area contributed by atoms with E-state index in [0.717, 1.165) is 12.3 Å². The molecule has 0 nitrogen and oxygen atoms in total. The van der Waals surface area contributed by atoms with Crippen LogP contribution < -0.4 is 0 Å². The number of alkyl halides is 1. The van der Waals surface area contributed by atoms with Crippen LogP contribution in [-0.2, 0) is 0 Å². The van der Waals surface area contributed by atoms with Crippen LogP contribution >= 0.6 is 11.6 Å². The highest BCUT2D eigenvalue weighted by atomic mass is 35.5. The fourth-order valence-corrected chi connectivity index (χ4v) is 1.18. The molecule has 1 aliphatic rings. The van der Waals surface area contributed by atoms with E-state index in [1.807, 2.05) is 6.08 Å². The van der Waals surface area contributed by atoms with Gasteiger partial charge in [-0.2, -0.15) is 0 Å². The molecule has 0 N–H and O–H groups in total. The first kappa shape index (κ1) is 7.62. The third-order valence-electron chi connectivity index (χ3n) is 1.65. The molecule has 0 amide bonds. The van der Waals surface area contributed by atoms with Crippen LogP contribution in [0.1, 0.15) is 6.42 Å². The van der Waals surface area contributed by atoms with E-state index in [0.29, 0.717) is 5.92 Å². The Balaban J connectivity index is 2.54. The van der Waals surface area contributed by atoms with Crippen LogP contribution in [0.3, 0.4) is 0 Å². The zero-order valence-electron chi connectivity index (χ0n) is 5.89. The summed E-state index contributed by atoms with van der Waals surface area (Å²) in [5, 5.41) is 0. The Morgan fingerprint density at radius 1 is 1.80 bits per heavy atom. The summed E-state index contributed by atoms with van der Waals surface area (Å²) < 4.78 is 0. The van der Waals surface area contributed by atoms with Crippen molar-refractivity contribution in [3.8, 4) is 0 Å². The second-order valence-corrected chi connectivity index (χ2v) is 2.73. The number of hydrogen-bond donors (Lipinski definition) is 0. The molecule has 10 heavy (non-hydrogen) atoms. The molecule has 0 unspecified atom stereocenters. The largest absolute Gasteiger partial charge is 0.126 e. The summed E-state index contributed by atoms with van der Waals surface area (Å²) in [5.74, 6) is 1.25. The molecule has 0 heterocycles. The molecule has 0 fully saturated rings. The molecule has 0 radical (unpaired) electrons. The second kappa shape index (κ2) is 3.62. The molecule has 0 aromatic rings. The van der Waals surface area contributed by atoms with Crippen molar-refractivity contribution in [2.75, 3.05) is 5.88 Å². The maximum Gasteiger partial charge on any atom is 0.0289 e. The molecule has 0 aromatic carbocycles. The van der Waals surface area contributed by atoms with E-state index in [2.05, 4.69) is 24.8 Å². The molecule has 0 aromatic heterocycles. The van der Waals surface area contributed by atoms with Gasteiger partial charge in [0, 0.05) is 5.88 Å². The Kier molecular flexibility index (Phi) is 2.76. The lowest BCUT2D eigenvalue weighted by Gasteiger charge is -2.10. The minimum Gasteiger partial charge on any atom is -0.126 e. The minimum atomic E-state index is 0.533. The molecular formula is C9H11Cl. The van der Waals surface area contributed by atoms with Gasteiger partial charge in [-0.25, -0.2) is 0 Å². The third-order valence-corrected chi connectivity index (χ3v) is 2.05. The number of allylic oxidation sites excluding steroid dienone is 5. The van der Waals surface area contributed by atoms with Crippen LogP contribution in [0.2, 0.25) is 0 Å². The first-order valence-corrected chi connectivity index (χ1v) is 3.97. The van der Waals surface area contributed by atoms with Crippen LogP contribution in [0.4, 0.5) is 0 Å². The Hall–Kier alpha value is -0.490. The van der Waals surface area contributed by atoms with Gasteiger partial charge in [0.1, 0.15) is 0 Å². The molecule has 0 saturated carbocycles. The number of rotatable bonds is 2. The summed E-state index contributed by atoms with van der Waals surface area (Å²) >= 11 is 5.66. The SMILES string of the molecule is C=CC1=CC[C@H](CCl)C=C1. The second-order valence-electron chi connectivity index (χ2n) is 2.42. The Morgan fingerprint density at radius 3 is 3.00 bits per heavy atom.